The van der Waals surface area contributed by atoms with Crippen LogP contribution in [0.2, 0.25) is 0 Å². The first-order chi connectivity index (χ1) is 5.95. The van der Waals surface area contributed by atoms with E-state index in [4.69, 9.17) is 0 Å². The lowest BCUT2D eigenvalue weighted by Gasteiger charge is -2.14. The molecule has 0 aromatic heterocycles. The summed E-state index contributed by atoms with van der Waals surface area (Å²) in [6.45, 7) is -0.323. The maximum atomic E-state index is 12.0. The molecule has 4 nitrogen and oxygen atoms in total. The van der Waals surface area contributed by atoms with Crippen molar-refractivity contribution in [3.63, 3.8) is 0 Å². The van der Waals surface area contributed by atoms with Crippen molar-refractivity contribution < 1.29 is 27.4 Å². The first kappa shape index (κ1) is 10.3. The van der Waals surface area contributed by atoms with E-state index in [1.54, 1.807) is 0 Å². The zero-order valence-corrected chi connectivity index (χ0v) is 6.72. The molecule has 1 heterocycles. The van der Waals surface area contributed by atoms with Crippen LogP contribution < -0.4 is 5.32 Å². The van der Waals surface area contributed by atoms with Gasteiger partial charge < -0.3 is 9.47 Å². The number of esters is 1. The van der Waals surface area contributed by atoms with Gasteiger partial charge in [-0.1, -0.05) is 0 Å². The first-order valence-electron chi connectivity index (χ1n) is 3.47. The van der Waals surface area contributed by atoms with Gasteiger partial charge in [0, 0.05) is 0 Å². The van der Waals surface area contributed by atoms with Crippen molar-refractivity contribution in [3.8, 4) is 0 Å². The van der Waals surface area contributed by atoms with E-state index in [1.807, 2.05) is 5.32 Å². The van der Waals surface area contributed by atoms with E-state index in [1.165, 1.54) is 0 Å². The molecule has 0 spiro atoms. The van der Waals surface area contributed by atoms with E-state index in [0.29, 0.717) is 0 Å². The van der Waals surface area contributed by atoms with Gasteiger partial charge in [0.1, 0.15) is 6.04 Å². The minimum absolute atomic E-state index is 0.323. The van der Waals surface area contributed by atoms with Crippen LogP contribution in [0.1, 0.15) is 0 Å². The highest BCUT2D eigenvalue weighted by Crippen LogP contribution is 2.24. The number of alkyl halides is 3. The average Bonchev–Trinajstić information content (AvgIpc) is 2.50. The third kappa shape index (κ3) is 2.31. The Morgan fingerprint density at radius 2 is 2.23 bits per heavy atom. The number of ether oxygens (including phenoxy) is 2. The summed E-state index contributed by atoms with van der Waals surface area (Å²) in [5.74, 6) is -0.758. The lowest BCUT2D eigenvalue weighted by molar-refractivity contribution is -0.212. The second-order valence-corrected chi connectivity index (χ2v) is 2.50. The number of carbonyl (C=O) groups excluding carboxylic acids is 1. The summed E-state index contributed by atoms with van der Waals surface area (Å²) in [4.78, 5) is 10.8. The molecule has 2 atom stereocenters. The van der Waals surface area contributed by atoms with Crippen molar-refractivity contribution in [3.05, 3.63) is 0 Å². The minimum atomic E-state index is -4.50. The maximum Gasteiger partial charge on any atom is 0.428 e. The molecule has 0 aromatic carbocycles. The summed E-state index contributed by atoms with van der Waals surface area (Å²) in [6, 6.07) is -1.03. The molecule has 0 radical (unpaired) electrons. The van der Waals surface area contributed by atoms with Gasteiger partial charge in [-0.2, -0.15) is 13.2 Å². The third-order valence-corrected chi connectivity index (χ3v) is 1.57. The summed E-state index contributed by atoms with van der Waals surface area (Å²) >= 11 is 0. The normalized spacial score (nSPS) is 28.9. The number of rotatable bonds is 1. The molecular weight excluding hydrogens is 191 g/mol. The topological polar surface area (TPSA) is 47.6 Å². The van der Waals surface area contributed by atoms with Crippen molar-refractivity contribution in [2.45, 2.75) is 18.4 Å². The van der Waals surface area contributed by atoms with Crippen LogP contribution in [0.3, 0.4) is 0 Å². The largest absolute Gasteiger partial charge is 0.468 e. The van der Waals surface area contributed by atoms with E-state index in [9.17, 15) is 18.0 Å². The van der Waals surface area contributed by atoms with Crippen molar-refractivity contribution in [1.29, 1.82) is 0 Å². The molecule has 1 aliphatic rings. The van der Waals surface area contributed by atoms with Gasteiger partial charge in [0.25, 0.3) is 0 Å². The molecule has 1 N–H and O–H groups in total. The number of hydrogen-bond acceptors (Lipinski definition) is 4. The zero-order valence-electron chi connectivity index (χ0n) is 6.72. The Morgan fingerprint density at radius 1 is 1.62 bits per heavy atom. The van der Waals surface area contributed by atoms with Gasteiger partial charge in [0.05, 0.1) is 13.7 Å². The second kappa shape index (κ2) is 3.51. The quantitative estimate of drug-likeness (QED) is 0.605. The number of carbonyl (C=O) groups is 1. The maximum absolute atomic E-state index is 12.0. The minimum Gasteiger partial charge on any atom is -0.468 e. The molecule has 0 saturated carbocycles. The van der Waals surface area contributed by atoms with E-state index < -0.39 is 24.4 Å². The van der Waals surface area contributed by atoms with Gasteiger partial charge in [0.2, 0.25) is 6.23 Å². The number of halogens is 3. The zero-order chi connectivity index (χ0) is 10.1. The van der Waals surface area contributed by atoms with Crippen molar-refractivity contribution in [1.82, 2.24) is 5.32 Å². The fraction of sp³-hybridized carbons (Fsp3) is 0.833. The van der Waals surface area contributed by atoms with E-state index in [0.717, 1.165) is 7.11 Å². The molecule has 13 heavy (non-hydrogen) atoms. The van der Waals surface area contributed by atoms with E-state index in [2.05, 4.69) is 9.47 Å². The molecule has 1 aliphatic heterocycles. The molecule has 0 aromatic rings. The molecule has 1 saturated heterocycles. The number of hydrogen-bond donors (Lipinski definition) is 1. The van der Waals surface area contributed by atoms with E-state index in [-0.39, 0.29) is 6.61 Å². The summed E-state index contributed by atoms with van der Waals surface area (Å²) < 4.78 is 44.4. The molecule has 0 unspecified atom stereocenters. The molecule has 1 rings (SSSR count). The predicted octanol–water partition coefficient (Wildman–Crippen LogP) is 0.0362. The fourth-order valence-corrected chi connectivity index (χ4v) is 0.939. The monoisotopic (exact) mass is 199 g/mol. The van der Waals surface area contributed by atoms with Crippen LogP contribution in [0.5, 0.6) is 0 Å². The molecule has 0 aliphatic carbocycles. The highest BCUT2D eigenvalue weighted by molar-refractivity contribution is 5.76. The van der Waals surface area contributed by atoms with Crippen LogP contribution in [-0.2, 0) is 14.3 Å². The Kier molecular flexibility index (Phi) is 2.77. The smallest absolute Gasteiger partial charge is 0.428 e. The Bertz CT molecular complexity index is 206. The molecule has 7 heteroatoms. The predicted molar refractivity (Wildman–Crippen MR) is 34.7 cm³/mol. The molecule has 0 bridgehead atoms. The van der Waals surface area contributed by atoms with Gasteiger partial charge >= 0.3 is 12.1 Å². The van der Waals surface area contributed by atoms with Crippen molar-refractivity contribution >= 4 is 5.97 Å². The Morgan fingerprint density at radius 3 is 2.62 bits per heavy atom. The Balaban J connectivity index is 2.50. The third-order valence-electron chi connectivity index (χ3n) is 1.57. The van der Waals surface area contributed by atoms with Gasteiger partial charge in [0.15, 0.2) is 0 Å². The van der Waals surface area contributed by atoms with Gasteiger partial charge in [-0.05, 0) is 0 Å². The number of methoxy groups -OCH3 is 1. The fourth-order valence-electron chi connectivity index (χ4n) is 0.939. The van der Waals surface area contributed by atoms with Crippen molar-refractivity contribution in [2.75, 3.05) is 13.7 Å². The standard InChI is InChI=1S/C6H8F3NO3/c1-12-4(11)3-2-13-5(10-3)6(7,8)9/h3,5,10H,2H2,1H3/t3-,5+/m0/s1. The second-order valence-electron chi connectivity index (χ2n) is 2.50. The lowest BCUT2D eigenvalue weighted by Crippen LogP contribution is -2.44. The van der Waals surface area contributed by atoms with E-state index >= 15 is 0 Å². The average molecular weight is 199 g/mol. The molecule has 76 valence electrons. The SMILES string of the molecule is COC(=O)[C@@H]1CO[C@H](C(F)(F)F)N1. The van der Waals surface area contributed by atoms with Gasteiger partial charge in [-0.3, -0.25) is 10.1 Å². The molecule has 1 fully saturated rings. The Labute approximate surface area is 72.0 Å². The molecular formula is C6H8F3NO3. The van der Waals surface area contributed by atoms with Crippen molar-refractivity contribution in [2.24, 2.45) is 0 Å². The Hall–Kier alpha value is -0.820. The van der Waals surface area contributed by atoms with Crippen LogP contribution in [0.15, 0.2) is 0 Å². The first-order valence-corrected chi connectivity index (χ1v) is 3.47. The van der Waals surface area contributed by atoms with Gasteiger partial charge in [-0.25, -0.2) is 0 Å². The highest BCUT2D eigenvalue weighted by Gasteiger charge is 2.47. The lowest BCUT2D eigenvalue weighted by atomic mass is 10.3. The van der Waals surface area contributed by atoms with Crippen LogP contribution >= 0.6 is 0 Å². The summed E-state index contributed by atoms with van der Waals surface area (Å²) in [5.41, 5.74) is 0. The van der Waals surface area contributed by atoms with Crippen LogP contribution in [0.25, 0.3) is 0 Å². The van der Waals surface area contributed by atoms with Crippen LogP contribution in [-0.4, -0.2) is 38.1 Å². The van der Waals surface area contributed by atoms with Crippen LogP contribution in [0, 0.1) is 0 Å². The summed E-state index contributed by atoms with van der Waals surface area (Å²) in [5, 5.41) is 1.96. The van der Waals surface area contributed by atoms with Crippen LogP contribution in [0.4, 0.5) is 13.2 Å². The summed E-state index contributed by atoms with van der Waals surface area (Å²) in [6.07, 6.45) is -6.57. The number of nitrogens with one attached hydrogen (secondary N) is 1. The van der Waals surface area contributed by atoms with Gasteiger partial charge in [-0.15, -0.1) is 0 Å². The summed E-state index contributed by atoms with van der Waals surface area (Å²) in [7, 11) is 1.10. The highest BCUT2D eigenvalue weighted by atomic mass is 19.4. The molecule has 0 amide bonds.